The van der Waals surface area contributed by atoms with Crippen molar-refractivity contribution in [3.63, 3.8) is 0 Å². The summed E-state index contributed by atoms with van der Waals surface area (Å²) in [6.45, 7) is 5.02. The van der Waals surface area contributed by atoms with Crippen molar-refractivity contribution < 1.29 is 13.2 Å². The lowest BCUT2D eigenvalue weighted by atomic mass is 10.2. The van der Waals surface area contributed by atoms with Gasteiger partial charge in [-0.1, -0.05) is 0 Å². The van der Waals surface area contributed by atoms with Gasteiger partial charge in [0, 0.05) is 19.5 Å². The van der Waals surface area contributed by atoms with Gasteiger partial charge in [0.25, 0.3) is 0 Å². The van der Waals surface area contributed by atoms with Gasteiger partial charge in [0.1, 0.15) is 5.82 Å². The van der Waals surface area contributed by atoms with Gasteiger partial charge in [0.2, 0.25) is 15.9 Å². The van der Waals surface area contributed by atoms with E-state index in [0.29, 0.717) is 13.1 Å². The molecule has 0 aromatic carbocycles. The van der Waals surface area contributed by atoms with Crippen LogP contribution in [-0.4, -0.2) is 53.3 Å². The van der Waals surface area contributed by atoms with Crippen LogP contribution >= 0.6 is 0 Å². The number of aryl methyl sites for hydroxylation is 1. The minimum absolute atomic E-state index is 0.0834. The summed E-state index contributed by atoms with van der Waals surface area (Å²) in [5, 5.41) is 8.09. The quantitative estimate of drug-likeness (QED) is 0.803. The lowest BCUT2D eigenvalue weighted by Gasteiger charge is -2.32. The molecule has 20 heavy (non-hydrogen) atoms. The van der Waals surface area contributed by atoms with E-state index in [2.05, 4.69) is 14.9 Å². The molecule has 1 aliphatic rings. The number of aromatic nitrogens is 3. The first-order valence-corrected chi connectivity index (χ1v) is 8.30. The van der Waals surface area contributed by atoms with Crippen molar-refractivity contribution in [2.24, 2.45) is 0 Å². The third-order valence-corrected chi connectivity index (χ3v) is 3.98. The number of fused-ring (bicyclic) bond motifs is 1. The molecular formula is C11H19N5O3S. The van der Waals surface area contributed by atoms with Crippen molar-refractivity contribution in [1.29, 1.82) is 0 Å². The summed E-state index contributed by atoms with van der Waals surface area (Å²) in [5.74, 6) is 1.53. The monoisotopic (exact) mass is 301 g/mol. The summed E-state index contributed by atoms with van der Waals surface area (Å²) in [6, 6.07) is 0.126. The molecule has 1 aromatic rings. The molecule has 0 radical (unpaired) electrons. The Morgan fingerprint density at radius 2 is 2.15 bits per heavy atom. The Kier molecular flexibility index (Phi) is 4.09. The molecule has 1 atom stereocenters. The number of rotatable bonds is 4. The molecule has 1 N–H and O–H groups in total. The molecule has 0 spiro atoms. The van der Waals surface area contributed by atoms with Crippen LogP contribution in [0.5, 0.6) is 0 Å². The molecule has 0 aliphatic carbocycles. The number of nitrogens with zero attached hydrogens (tertiary/aromatic N) is 4. The minimum atomic E-state index is -3.25. The second kappa shape index (κ2) is 5.49. The lowest BCUT2D eigenvalue weighted by Crippen LogP contribution is -2.41. The summed E-state index contributed by atoms with van der Waals surface area (Å²) >= 11 is 0. The Balaban J connectivity index is 1.96. The number of carbonyl (C=O) groups excluding carboxylic acids is 1. The van der Waals surface area contributed by atoms with Crippen molar-refractivity contribution in [3.05, 3.63) is 11.6 Å². The zero-order valence-corrected chi connectivity index (χ0v) is 12.6. The molecule has 0 fully saturated rings. The second-order valence-corrected chi connectivity index (χ2v) is 6.91. The molecule has 0 bridgehead atoms. The number of hydrogen-bond donors (Lipinski definition) is 1. The van der Waals surface area contributed by atoms with E-state index in [1.165, 1.54) is 0 Å². The van der Waals surface area contributed by atoms with Gasteiger partial charge in [-0.3, -0.25) is 4.79 Å². The van der Waals surface area contributed by atoms with Crippen LogP contribution in [0.15, 0.2) is 0 Å². The molecule has 112 valence electrons. The molecule has 1 aliphatic heterocycles. The van der Waals surface area contributed by atoms with E-state index >= 15 is 0 Å². The molecule has 8 nitrogen and oxygen atoms in total. The number of nitrogens with one attached hydrogen (secondary N) is 1. The zero-order chi connectivity index (χ0) is 14.9. The summed E-state index contributed by atoms with van der Waals surface area (Å²) in [6.07, 6.45) is 1.22. The first kappa shape index (κ1) is 14.9. The van der Waals surface area contributed by atoms with Crippen LogP contribution in [0.3, 0.4) is 0 Å². The highest BCUT2D eigenvalue weighted by Crippen LogP contribution is 2.21. The summed E-state index contributed by atoms with van der Waals surface area (Å²) < 4.78 is 26.2. The normalized spacial score (nSPS) is 18.9. The Labute approximate surface area is 118 Å². The Bertz CT molecular complexity index is 610. The Hall–Kier alpha value is -1.48. The molecule has 1 aromatic heterocycles. The predicted octanol–water partition coefficient (Wildman–Crippen LogP) is -0.571. The Morgan fingerprint density at radius 3 is 2.80 bits per heavy atom. The Morgan fingerprint density at radius 1 is 1.45 bits per heavy atom. The van der Waals surface area contributed by atoms with Crippen molar-refractivity contribution >= 4 is 15.9 Å². The maximum Gasteiger partial charge on any atom is 0.224 e. The van der Waals surface area contributed by atoms with Crippen molar-refractivity contribution in [1.82, 2.24) is 24.4 Å². The maximum absolute atomic E-state index is 12.1. The maximum atomic E-state index is 12.1. The van der Waals surface area contributed by atoms with E-state index in [1.54, 1.807) is 4.90 Å². The summed E-state index contributed by atoms with van der Waals surface area (Å²) in [7, 11) is -3.25. The SMILES string of the molecule is Cc1nnc2n1[C@@H](C)CN(C(=O)CCNS(C)(=O)=O)C2. The summed E-state index contributed by atoms with van der Waals surface area (Å²) in [5.41, 5.74) is 0. The van der Waals surface area contributed by atoms with Gasteiger partial charge in [0.05, 0.1) is 18.8 Å². The van der Waals surface area contributed by atoms with E-state index in [1.807, 2.05) is 18.4 Å². The van der Waals surface area contributed by atoms with Crippen molar-refractivity contribution in [3.8, 4) is 0 Å². The fraction of sp³-hybridized carbons (Fsp3) is 0.727. The fourth-order valence-corrected chi connectivity index (χ4v) is 2.89. The van der Waals surface area contributed by atoms with Crippen LogP contribution < -0.4 is 4.72 Å². The smallest absolute Gasteiger partial charge is 0.224 e. The molecule has 0 saturated heterocycles. The fourth-order valence-electron chi connectivity index (χ4n) is 2.42. The van der Waals surface area contributed by atoms with Crippen molar-refractivity contribution in [2.45, 2.75) is 32.9 Å². The zero-order valence-electron chi connectivity index (χ0n) is 11.8. The van der Waals surface area contributed by atoms with Gasteiger partial charge >= 0.3 is 0 Å². The first-order valence-electron chi connectivity index (χ1n) is 6.40. The molecule has 1 amide bonds. The van der Waals surface area contributed by atoms with E-state index in [0.717, 1.165) is 17.9 Å². The van der Waals surface area contributed by atoms with Crippen LogP contribution in [0.4, 0.5) is 0 Å². The van der Waals surface area contributed by atoms with E-state index in [4.69, 9.17) is 0 Å². The number of amides is 1. The third kappa shape index (κ3) is 3.34. The van der Waals surface area contributed by atoms with Gasteiger partial charge in [-0.2, -0.15) is 0 Å². The van der Waals surface area contributed by atoms with Crippen LogP contribution in [0.25, 0.3) is 0 Å². The lowest BCUT2D eigenvalue weighted by molar-refractivity contribution is -0.133. The average Bonchev–Trinajstić information content (AvgIpc) is 2.69. The molecule has 2 heterocycles. The summed E-state index contributed by atoms with van der Waals surface area (Å²) in [4.78, 5) is 13.8. The molecule has 9 heteroatoms. The topological polar surface area (TPSA) is 97.2 Å². The highest BCUT2D eigenvalue weighted by molar-refractivity contribution is 7.88. The number of carbonyl (C=O) groups is 1. The number of hydrogen-bond acceptors (Lipinski definition) is 5. The van der Waals surface area contributed by atoms with Crippen LogP contribution in [-0.2, 0) is 21.4 Å². The van der Waals surface area contributed by atoms with Crippen molar-refractivity contribution in [2.75, 3.05) is 19.3 Å². The van der Waals surface area contributed by atoms with Gasteiger partial charge in [-0.05, 0) is 13.8 Å². The van der Waals surface area contributed by atoms with E-state index < -0.39 is 10.0 Å². The van der Waals surface area contributed by atoms with Gasteiger partial charge in [-0.25, -0.2) is 13.1 Å². The average molecular weight is 301 g/mol. The first-order chi connectivity index (χ1) is 9.28. The molecule has 0 saturated carbocycles. The van der Waals surface area contributed by atoms with Gasteiger partial charge in [-0.15, -0.1) is 10.2 Å². The molecule has 2 rings (SSSR count). The highest BCUT2D eigenvalue weighted by Gasteiger charge is 2.27. The van der Waals surface area contributed by atoms with Crippen LogP contribution in [0, 0.1) is 6.92 Å². The van der Waals surface area contributed by atoms with Crippen LogP contribution in [0.1, 0.15) is 31.0 Å². The predicted molar refractivity (Wildman–Crippen MR) is 72.4 cm³/mol. The van der Waals surface area contributed by atoms with E-state index in [-0.39, 0.29) is 24.9 Å². The second-order valence-electron chi connectivity index (χ2n) is 5.07. The third-order valence-electron chi connectivity index (χ3n) is 3.25. The van der Waals surface area contributed by atoms with Gasteiger partial charge in [0.15, 0.2) is 5.82 Å². The minimum Gasteiger partial charge on any atom is -0.333 e. The van der Waals surface area contributed by atoms with E-state index in [9.17, 15) is 13.2 Å². The highest BCUT2D eigenvalue weighted by atomic mass is 32.2. The largest absolute Gasteiger partial charge is 0.333 e. The van der Waals surface area contributed by atoms with Crippen LogP contribution in [0.2, 0.25) is 0 Å². The molecule has 0 unspecified atom stereocenters. The standard InChI is InChI=1S/C11H19N5O3S/c1-8-6-15(7-10-14-13-9(2)16(8)10)11(17)4-5-12-20(3,18)19/h8,12H,4-7H2,1-3H3/t8-/m0/s1. The molecular weight excluding hydrogens is 282 g/mol. The van der Waals surface area contributed by atoms with Gasteiger partial charge < -0.3 is 9.47 Å². The number of sulfonamides is 1.